The lowest BCUT2D eigenvalue weighted by Gasteiger charge is -2.41. The van der Waals surface area contributed by atoms with Gasteiger partial charge in [-0.3, -0.25) is 9.59 Å². The lowest BCUT2D eigenvalue weighted by atomic mass is 9.62. The van der Waals surface area contributed by atoms with E-state index >= 15 is 0 Å². The molecule has 5 nitrogen and oxygen atoms in total. The number of nitrogens with one attached hydrogen (secondary N) is 1. The van der Waals surface area contributed by atoms with Gasteiger partial charge in [-0.15, -0.1) is 0 Å². The zero-order chi connectivity index (χ0) is 13.1. The number of hydrogen-bond acceptors (Lipinski definition) is 3. The van der Waals surface area contributed by atoms with E-state index in [4.69, 9.17) is 4.74 Å². The first-order valence-corrected chi connectivity index (χ1v) is 6.33. The highest BCUT2D eigenvalue weighted by Gasteiger charge is 2.47. The lowest BCUT2D eigenvalue weighted by Crippen LogP contribution is -2.49. The summed E-state index contributed by atoms with van der Waals surface area (Å²) in [4.78, 5) is 23.5. The summed E-state index contributed by atoms with van der Waals surface area (Å²) in [6.45, 7) is 0.874. The quantitative estimate of drug-likeness (QED) is 0.557. The monoisotopic (exact) mass is 253 g/mol. The number of methoxy groups -OCH3 is 1. The van der Waals surface area contributed by atoms with Gasteiger partial charge in [0.15, 0.2) is 0 Å². The third-order valence-electron chi connectivity index (χ3n) is 3.94. The van der Waals surface area contributed by atoms with Crippen LogP contribution in [0.4, 0.5) is 0 Å². The molecule has 4 atom stereocenters. The summed E-state index contributed by atoms with van der Waals surface area (Å²) < 4.78 is 4.87. The summed E-state index contributed by atoms with van der Waals surface area (Å²) >= 11 is 0. The van der Waals surface area contributed by atoms with Gasteiger partial charge >= 0.3 is 5.97 Å². The van der Waals surface area contributed by atoms with Crippen molar-refractivity contribution >= 4 is 11.9 Å². The molecular weight excluding hydrogens is 234 g/mol. The fraction of sp³-hybridized carbons (Fsp3) is 0.692. The Morgan fingerprint density at radius 1 is 1.28 bits per heavy atom. The van der Waals surface area contributed by atoms with E-state index in [9.17, 15) is 14.7 Å². The molecular formula is C13H19NO4. The molecule has 0 aromatic carbocycles. The first-order valence-electron chi connectivity index (χ1n) is 6.33. The minimum absolute atomic E-state index is 0.00525. The zero-order valence-electron chi connectivity index (χ0n) is 10.5. The van der Waals surface area contributed by atoms with Crippen LogP contribution in [0.5, 0.6) is 0 Å². The molecule has 0 spiro atoms. The van der Waals surface area contributed by atoms with Crippen molar-refractivity contribution in [2.75, 3.05) is 20.3 Å². The van der Waals surface area contributed by atoms with Crippen molar-refractivity contribution in [3.8, 4) is 0 Å². The number of ether oxygens (including phenoxy) is 1. The van der Waals surface area contributed by atoms with Crippen molar-refractivity contribution in [1.82, 2.24) is 5.32 Å². The summed E-state index contributed by atoms with van der Waals surface area (Å²) in [5.74, 6) is -1.94. The minimum Gasteiger partial charge on any atom is -0.481 e. The average Bonchev–Trinajstić information content (AvgIpc) is 2.39. The van der Waals surface area contributed by atoms with E-state index in [1.807, 2.05) is 12.2 Å². The van der Waals surface area contributed by atoms with Gasteiger partial charge in [-0.1, -0.05) is 12.2 Å². The summed E-state index contributed by atoms with van der Waals surface area (Å²) in [5.41, 5.74) is 0. The van der Waals surface area contributed by atoms with Crippen LogP contribution >= 0.6 is 0 Å². The van der Waals surface area contributed by atoms with Gasteiger partial charge in [0.05, 0.1) is 18.4 Å². The molecule has 0 saturated heterocycles. The predicted molar refractivity (Wildman–Crippen MR) is 64.9 cm³/mol. The molecule has 0 heterocycles. The number of aliphatic carboxylic acids is 1. The van der Waals surface area contributed by atoms with Crippen LogP contribution in [0.2, 0.25) is 0 Å². The molecule has 0 radical (unpaired) electrons. The van der Waals surface area contributed by atoms with Gasteiger partial charge in [0.2, 0.25) is 5.91 Å². The molecule has 3 rings (SSSR count). The lowest BCUT2D eigenvalue weighted by molar-refractivity contribution is -0.153. The molecule has 0 aliphatic heterocycles. The zero-order valence-corrected chi connectivity index (χ0v) is 10.5. The molecule has 4 unspecified atom stereocenters. The number of allylic oxidation sites excluding steroid dienone is 2. The summed E-state index contributed by atoms with van der Waals surface area (Å²) in [7, 11) is 1.57. The van der Waals surface area contributed by atoms with E-state index in [0.29, 0.717) is 13.2 Å². The molecule has 2 N–H and O–H groups in total. The molecule has 3 aliphatic rings. The van der Waals surface area contributed by atoms with Gasteiger partial charge < -0.3 is 15.2 Å². The smallest absolute Gasteiger partial charge is 0.307 e. The van der Waals surface area contributed by atoms with Gasteiger partial charge in [0.25, 0.3) is 0 Å². The van der Waals surface area contributed by atoms with Crippen LogP contribution in [0.25, 0.3) is 0 Å². The molecule has 3 aliphatic carbocycles. The molecule has 0 aromatic rings. The topological polar surface area (TPSA) is 75.6 Å². The second kappa shape index (κ2) is 5.52. The maximum Gasteiger partial charge on any atom is 0.307 e. The second-order valence-electron chi connectivity index (χ2n) is 4.96. The van der Waals surface area contributed by atoms with E-state index in [-0.39, 0.29) is 17.7 Å². The number of fused-ring (bicyclic) bond motifs is 2. The summed E-state index contributed by atoms with van der Waals surface area (Å²) in [5, 5.41) is 12.1. The SMILES string of the molecule is COCCNC(=O)C1C2C=CC(CC2)C1C(=O)O. The number of hydrogen-bond donors (Lipinski definition) is 2. The fourth-order valence-electron chi connectivity index (χ4n) is 3.08. The van der Waals surface area contributed by atoms with Crippen LogP contribution in [-0.2, 0) is 14.3 Å². The molecule has 2 bridgehead atoms. The van der Waals surface area contributed by atoms with E-state index < -0.39 is 17.8 Å². The minimum atomic E-state index is -0.860. The predicted octanol–water partition coefficient (Wildman–Crippen LogP) is 0.662. The van der Waals surface area contributed by atoms with Crippen molar-refractivity contribution in [1.29, 1.82) is 0 Å². The van der Waals surface area contributed by atoms with Crippen molar-refractivity contribution in [3.63, 3.8) is 0 Å². The Morgan fingerprint density at radius 2 is 1.89 bits per heavy atom. The van der Waals surface area contributed by atoms with E-state index in [0.717, 1.165) is 12.8 Å². The van der Waals surface area contributed by atoms with Crippen molar-refractivity contribution in [2.45, 2.75) is 12.8 Å². The van der Waals surface area contributed by atoms with Crippen molar-refractivity contribution in [3.05, 3.63) is 12.2 Å². The maximum atomic E-state index is 12.1. The molecule has 1 saturated carbocycles. The van der Waals surface area contributed by atoms with Gasteiger partial charge in [-0.25, -0.2) is 0 Å². The van der Waals surface area contributed by atoms with Gasteiger partial charge in [0.1, 0.15) is 0 Å². The number of carboxylic acid groups (broad SMARTS) is 1. The number of carbonyl (C=O) groups excluding carboxylic acids is 1. The Bertz CT molecular complexity index is 366. The third kappa shape index (κ3) is 2.41. The normalized spacial score (nSPS) is 33.4. The highest BCUT2D eigenvalue weighted by molar-refractivity contribution is 5.86. The second-order valence-corrected chi connectivity index (χ2v) is 4.96. The van der Waals surface area contributed by atoms with Crippen molar-refractivity contribution in [2.24, 2.45) is 23.7 Å². The van der Waals surface area contributed by atoms with E-state index in [2.05, 4.69) is 5.32 Å². The van der Waals surface area contributed by atoms with Crippen LogP contribution in [0.15, 0.2) is 12.2 Å². The number of rotatable bonds is 5. The standard InChI is InChI=1S/C13H19NO4/c1-18-7-6-14-12(15)10-8-2-4-9(5-3-8)11(10)13(16)17/h2,4,8-11H,3,5-7H2,1H3,(H,14,15)(H,16,17). The molecule has 1 fully saturated rings. The highest BCUT2D eigenvalue weighted by Crippen LogP contribution is 2.44. The van der Waals surface area contributed by atoms with Crippen LogP contribution in [0.3, 0.4) is 0 Å². The van der Waals surface area contributed by atoms with Crippen LogP contribution < -0.4 is 5.32 Å². The average molecular weight is 253 g/mol. The molecule has 18 heavy (non-hydrogen) atoms. The Kier molecular flexibility index (Phi) is 4.01. The van der Waals surface area contributed by atoms with Gasteiger partial charge in [-0.2, -0.15) is 0 Å². The fourth-order valence-corrected chi connectivity index (χ4v) is 3.08. The van der Waals surface area contributed by atoms with Gasteiger partial charge in [0, 0.05) is 13.7 Å². The first-order chi connectivity index (χ1) is 8.65. The number of amides is 1. The number of carboxylic acids is 1. The van der Waals surface area contributed by atoms with Gasteiger partial charge in [-0.05, 0) is 24.7 Å². The van der Waals surface area contributed by atoms with E-state index in [1.54, 1.807) is 7.11 Å². The largest absolute Gasteiger partial charge is 0.481 e. The van der Waals surface area contributed by atoms with E-state index in [1.165, 1.54) is 0 Å². The Hall–Kier alpha value is -1.36. The molecule has 100 valence electrons. The first kappa shape index (κ1) is 13.1. The van der Waals surface area contributed by atoms with Crippen molar-refractivity contribution < 1.29 is 19.4 Å². The Balaban J connectivity index is 2.07. The highest BCUT2D eigenvalue weighted by atomic mass is 16.5. The maximum absolute atomic E-state index is 12.1. The molecule has 1 amide bonds. The summed E-state index contributed by atoms with van der Waals surface area (Å²) in [6.07, 6.45) is 5.76. The number of carbonyl (C=O) groups is 2. The Labute approximate surface area is 106 Å². The summed E-state index contributed by atoms with van der Waals surface area (Å²) in [6, 6.07) is 0. The molecule has 5 heteroatoms. The Morgan fingerprint density at radius 3 is 2.39 bits per heavy atom. The van der Waals surface area contributed by atoms with Crippen LogP contribution in [0, 0.1) is 23.7 Å². The van der Waals surface area contributed by atoms with Crippen LogP contribution in [-0.4, -0.2) is 37.2 Å². The molecule has 0 aromatic heterocycles. The third-order valence-corrected chi connectivity index (χ3v) is 3.94. The van der Waals surface area contributed by atoms with Crippen LogP contribution in [0.1, 0.15) is 12.8 Å².